The molecular formula is C9H18N2O2S. The highest BCUT2D eigenvalue weighted by Crippen LogP contribution is 2.10. The van der Waals surface area contributed by atoms with Crippen LogP contribution in [0.3, 0.4) is 0 Å². The lowest BCUT2D eigenvalue weighted by molar-refractivity contribution is -0.129. The number of nitrogens with one attached hydrogen (secondary N) is 1. The zero-order chi connectivity index (χ0) is 10.6. The van der Waals surface area contributed by atoms with Gasteiger partial charge >= 0.3 is 0 Å². The van der Waals surface area contributed by atoms with Gasteiger partial charge in [-0.2, -0.15) is 0 Å². The van der Waals surface area contributed by atoms with E-state index in [0.29, 0.717) is 18.1 Å². The lowest BCUT2D eigenvalue weighted by Gasteiger charge is -2.15. The van der Waals surface area contributed by atoms with E-state index < -0.39 is 10.8 Å². The summed E-state index contributed by atoms with van der Waals surface area (Å²) in [6.45, 7) is 3.33. The van der Waals surface area contributed by atoms with Gasteiger partial charge in [0.25, 0.3) is 0 Å². The minimum Gasteiger partial charge on any atom is -0.340 e. The first kappa shape index (κ1) is 11.7. The average Bonchev–Trinajstić information content (AvgIpc) is 2.56. The Kier molecular flexibility index (Phi) is 4.54. The van der Waals surface area contributed by atoms with Crippen LogP contribution in [0.25, 0.3) is 0 Å². The van der Waals surface area contributed by atoms with Gasteiger partial charge in [-0.15, -0.1) is 0 Å². The van der Waals surface area contributed by atoms with Gasteiger partial charge in [-0.3, -0.25) is 9.00 Å². The Hall–Kier alpha value is -0.420. The van der Waals surface area contributed by atoms with Crippen LogP contribution in [0.2, 0.25) is 0 Å². The second-order valence-electron chi connectivity index (χ2n) is 3.39. The SMILES string of the molecule is CCS(=O)CCN1CCC(NC)C1=O. The van der Waals surface area contributed by atoms with Gasteiger partial charge in [-0.25, -0.2) is 0 Å². The molecule has 1 saturated heterocycles. The van der Waals surface area contributed by atoms with Crippen molar-refractivity contribution < 1.29 is 9.00 Å². The van der Waals surface area contributed by atoms with Gasteiger partial charge in [0, 0.05) is 35.4 Å². The summed E-state index contributed by atoms with van der Waals surface area (Å²) in [6.07, 6.45) is 0.869. The van der Waals surface area contributed by atoms with Crippen LogP contribution < -0.4 is 5.32 Å². The van der Waals surface area contributed by atoms with Crippen LogP contribution in [0, 0.1) is 0 Å². The van der Waals surface area contributed by atoms with Gasteiger partial charge in [0.2, 0.25) is 5.91 Å². The van der Waals surface area contributed by atoms with Gasteiger partial charge in [0.05, 0.1) is 6.04 Å². The number of nitrogens with zero attached hydrogens (tertiary/aromatic N) is 1. The van der Waals surface area contributed by atoms with Crippen molar-refractivity contribution in [2.45, 2.75) is 19.4 Å². The van der Waals surface area contributed by atoms with Crippen LogP contribution >= 0.6 is 0 Å². The topological polar surface area (TPSA) is 49.4 Å². The average molecular weight is 218 g/mol. The lowest BCUT2D eigenvalue weighted by Crippen LogP contribution is -2.37. The number of likely N-dealkylation sites (N-methyl/N-ethyl adjacent to an activating group) is 1. The van der Waals surface area contributed by atoms with Crippen molar-refractivity contribution in [1.29, 1.82) is 0 Å². The van der Waals surface area contributed by atoms with Gasteiger partial charge in [-0.1, -0.05) is 6.92 Å². The summed E-state index contributed by atoms with van der Waals surface area (Å²) in [5.41, 5.74) is 0. The molecule has 1 aliphatic heterocycles. The molecule has 4 nitrogen and oxygen atoms in total. The number of hydrogen-bond acceptors (Lipinski definition) is 3. The second kappa shape index (κ2) is 5.46. The lowest BCUT2D eigenvalue weighted by atomic mass is 10.3. The van der Waals surface area contributed by atoms with E-state index in [1.165, 1.54) is 0 Å². The third kappa shape index (κ3) is 2.78. The zero-order valence-corrected chi connectivity index (χ0v) is 9.60. The molecule has 0 aromatic carbocycles. The third-order valence-corrected chi connectivity index (χ3v) is 3.84. The Bertz CT molecular complexity index is 233. The van der Waals surface area contributed by atoms with E-state index in [-0.39, 0.29) is 11.9 Å². The molecule has 2 unspecified atom stereocenters. The molecule has 0 aromatic rings. The summed E-state index contributed by atoms with van der Waals surface area (Å²) < 4.78 is 11.2. The number of rotatable bonds is 5. The molecule has 82 valence electrons. The van der Waals surface area contributed by atoms with Crippen LogP contribution in [0.5, 0.6) is 0 Å². The van der Waals surface area contributed by atoms with E-state index in [9.17, 15) is 9.00 Å². The molecule has 0 spiro atoms. The predicted octanol–water partition coefficient (Wildman–Crippen LogP) is -0.425. The van der Waals surface area contributed by atoms with E-state index in [1.807, 2.05) is 6.92 Å². The second-order valence-corrected chi connectivity index (χ2v) is 5.25. The van der Waals surface area contributed by atoms with Gasteiger partial charge in [0.1, 0.15) is 0 Å². The third-order valence-electron chi connectivity index (χ3n) is 2.56. The number of amides is 1. The molecule has 2 atom stereocenters. The van der Waals surface area contributed by atoms with Gasteiger partial charge < -0.3 is 10.2 Å². The maximum Gasteiger partial charge on any atom is 0.239 e. The normalized spacial score (nSPS) is 24.3. The van der Waals surface area contributed by atoms with Crippen LogP contribution in [0.1, 0.15) is 13.3 Å². The van der Waals surface area contributed by atoms with Crippen molar-refractivity contribution in [1.82, 2.24) is 10.2 Å². The Balaban J connectivity index is 2.33. The maximum absolute atomic E-state index is 11.6. The van der Waals surface area contributed by atoms with Crippen molar-refractivity contribution in [3.05, 3.63) is 0 Å². The number of hydrogen-bond donors (Lipinski definition) is 1. The molecule has 0 radical (unpaired) electrons. The molecule has 1 amide bonds. The van der Waals surface area contributed by atoms with Gasteiger partial charge in [0.15, 0.2) is 0 Å². The zero-order valence-electron chi connectivity index (χ0n) is 8.78. The first-order chi connectivity index (χ1) is 6.69. The predicted molar refractivity (Wildman–Crippen MR) is 57.6 cm³/mol. The summed E-state index contributed by atoms with van der Waals surface area (Å²) in [6, 6.07) is -0.0231. The molecule has 1 N–H and O–H groups in total. The number of carbonyl (C=O) groups is 1. The largest absolute Gasteiger partial charge is 0.340 e. The molecule has 0 bridgehead atoms. The van der Waals surface area contributed by atoms with E-state index in [2.05, 4.69) is 5.32 Å². The highest BCUT2D eigenvalue weighted by atomic mass is 32.2. The standard InChI is InChI=1S/C9H18N2O2S/c1-3-14(13)7-6-11-5-4-8(10-2)9(11)12/h8,10H,3-7H2,1-2H3. The monoisotopic (exact) mass is 218 g/mol. The summed E-state index contributed by atoms with van der Waals surface area (Å²) in [5.74, 6) is 1.44. The van der Waals surface area contributed by atoms with Crippen LogP contribution in [-0.2, 0) is 15.6 Å². The molecule has 1 aliphatic rings. The number of carbonyl (C=O) groups excluding carboxylic acids is 1. The molecule has 0 aromatic heterocycles. The smallest absolute Gasteiger partial charge is 0.239 e. The first-order valence-electron chi connectivity index (χ1n) is 5.00. The minimum absolute atomic E-state index is 0.0231. The van der Waals surface area contributed by atoms with Gasteiger partial charge in [-0.05, 0) is 13.5 Å². The Morgan fingerprint density at radius 3 is 2.86 bits per heavy atom. The first-order valence-corrected chi connectivity index (χ1v) is 6.48. The van der Waals surface area contributed by atoms with E-state index in [1.54, 1.807) is 11.9 Å². The quantitative estimate of drug-likeness (QED) is 0.681. The van der Waals surface area contributed by atoms with Crippen molar-refractivity contribution >= 4 is 16.7 Å². The van der Waals surface area contributed by atoms with Crippen molar-refractivity contribution in [2.75, 3.05) is 31.6 Å². The summed E-state index contributed by atoms with van der Waals surface area (Å²) in [4.78, 5) is 13.4. The Labute approximate surface area is 87.5 Å². The molecule has 1 fully saturated rings. The summed E-state index contributed by atoms with van der Waals surface area (Å²) in [5, 5.41) is 2.98. The molecular weight excluding hydrogens is 200 g/mol. The highest BCUT2D eigenvalue weighted by molar-refractivity contribution is 7.84. The van der Waals surface area contributed by atoms with E-state index in [4.69, 9.17) is 0 Å². The minimum atomic E-state index is -0.765. The van der Waals surface area contributed by atoms with Crippen molar-refractivity contribution in [2.24, 2.45) is 0 Å². The maximum atomic E-state index is 11.6. The van der Waals surface area contributed by atoms with Crippen LogP contribution in [0.4, 0.5) is 0 Å². The van der Waals surface area contributed by atoms with Crippen molar-refractivity contribution in [3.8, 4) is 0 Å². The molecule has 1 rings (SSSR count). The Morgan fingerprint density at radius 1 is 1.64 bits per heavy atom. The molecule has 0 aliphatic carbocycles. The fourth-order valence-corrected chi connectivity index (χ4v) is 2.30. The summed E-state index contributed by atoms with van der Waals surface area (Å²) in [7, 11) is 1.04. The highest BCUT2D eigenvalue weighted by Gasteiger charge is 2.29. The van der Waals surface area contributed by atoms with Crippen LogP contribution in [0.15, 0.2) is 0 Å². The van der Waals surface area contributed by atoms with Crippen molar-refractivity contribution in [3.63, 3.8) is 0 Å². The summed E-state index contributed by atoms with van der Waals surface area (Å²) >= 11 is 0. The van der Waals surface area contributed by atoms with Crippen LogP contribution in [-0.4, -0.2) is 52.7 Å². The molecule has 5 heteroatoms. The molecule has 14 heavy (non-hydrogen) atoms. The Morgan fingerprint density at radius 2 is 2.36 bits per heavy atom. The van der Waals surface area contributed by atoms with E-state index in [0.717, 1.165) is 13.0 Å². The number of likely N-dealkylation sites (tertiary alicyclic amines) is 1. The molecule has 1 heterocycles. The fourth-order valence-electron chi connectivity index (χ4n) is 1.59. The molecule has 0 saturated carbocycles. The fraction of sp³-hybridized carbons (Fsp3) is 0.889. The van der Waals surface area contributed by atoms with E-state index >= 15 is 0 Å².